The third kappa shape index (κ3) is 5.13. The first-order chi connectivity index (χ1) is 14.8. The smallest absolute Gasteiger partial charge is 0.246 e. The van der Waals surface area contributed by atoms with Gasteiger partial charge in [-0.3, -0.25) is 4.79 Å². The van der Waals surface area contributed by atoms with Crippen LogP contribution in [0, 0.1) is 11.6 Å². The zero-order valence-corrected chi connectivity index (χ0v) is 18.1. The van der Waals surface area contributed by atoms with Crippen molar-refractivity contribution in [1.82, 2.24) is 9.21 Å². The van der Waals surface area contributed by atoms with Gasteiger partial charge in [-0.05, 0) is 36.2 Å². The maximum absolute atomic E-state index is 13.9. The van der Waals surface area contributed by atoms with Gasteiger partial charge in [0.1, 0.15) is 16.5 Å². The molecule has 0 atom stereocenters. The number of carbonyl (C=O) groups is 1. The predicted molar refractivity (Wildman–Crippen MR) is 110 cm³/mol. The molecule has 168 valence electrons. The molecule has 0 N–H and O–H groups in total. The van der Waals surface area contributed by atoms with E-state index in [0.717, 1.165) is 22.0 Å². The van der Waals surface area contributed by atoms with E-state index in [2.05, 4.69) is 0 Å². The number of amides is 1. The van der Waals surface area contributed by atoms with E-state index in [1.165, 1.54) is 7.11 Å². The quantitative estimate of drug-likeness (QED) is 0.643. The molecule has 3 rings (SSSR count). The number of aryl methyl sites for hydroxylation is 1. The molecule has 1 saturated heterocycles. The van der Waals surface area contributed by atoms with E-state index in [1.807, 2.05) is 12.1 Å². The first-order valence-electron chi connectivity index (χ1n) is 9.70. The minimum Gasteiger partial charge on any atom is -0.493 e. The zero-order valence-electron chi connectivity index (χ0n) is 17.3. The van der Waals surface area contributed by atoms with Gasteiger partial charge in [0.05, 0.1) is 14.2 Å². The van der Waals surface area contributed by atoms with Crippen molar-refractivity contribution < 1.29 is 31.5 Å². The molecule has 0 radical (unpaired) electrons. The Morgan fingerprint density at radius 1 is 0.968 bits per heavy atom. The summed E-state index contributed by atoms with van der Waals surface area (Å²) in [6.45, 7) is 0.488. The lowest BCUT2D eigenvalue weighted by molar-refractivity contribution is -0.132. The topological polar surface area (TPSA) is 76.2 Å². The van der Waals surface area contributed by atoms with Crippen molar-refractivity contribution in [3.63, 3.8) is 0 Å². The summed E-state index contributed by atoms with van der Waals surface area (Å²) in [7, 11) is -1.01. The van der Waals surface area contributed by atoms with Crippen LogP contribution in [-0.2, 0) is 21.2 Å². The summed E-state index contributed by atoms with van der Waals surface area (Å²) in [4.78, 5) is 13.6. The minimum absolute atomic E-state index is 0.0429. The van der Waals surface area contributed by atoms with Crippen LogP contribution >= 0.6 is 0 Å². The monoisotopic (exact) mass is 454 g/mol. The van der Waals surface area contributed by atoms with Crippen molar-refractivity contribution >= 4 is 15.9 Å². The Hall–Kier alpha value is -2.72. The molecule has 31 heavy (non-hydrogen) atoms. The fourth-order valence-corrected chi connectivity index (χ4v) is 4.91. The van der Waals surface area contributed by atoms with Crippen LogP contribution < -0.4 is 9.47 Å². The van der Waals surface area contributed by atoms with E-state index >= 15 is 0 Å². The second kappa shape index (κ2) is 9.61. The summed E-state index contributed by atoms with van der Waals surface area (Å²) in [5, 5.41) is 0. The summed E-state index contributed by atoms with van der Waals surface area (Å²) < 4.78 is 63.9. The van der Waals surface area contributed by atoms with Crippen LogP contribution in [0.5, 0.6) is 11.5 Å². The van der Waals surface area contributed by atoms with Gasteiger partial charge in [0, 0.05) is 38.7 Å². The third-order valence-electron chi connectivity index (χ3n) is 5.18. The number of hydrogen-bond acceptors (Lipinski definition) is 5. The van der Waals surface area contributed by atoms with Crippen LogP contribution in [0.25, 0.3) is 0 Å². The Balaban J connectivity index is 1.57. The van der Waals surface area contributed by atoms with Gasteiger partial charge in [-0.25, -0.2) is 17.2 Å². The molecule has 2 aromatic carbocycles. The Kier molecular flexibility index (Phi) is 7.11. The second-order valence-corrected chi connectivity index (χ2v) is 8.96. The van der Waals surface area contributed by atoms with Crippen molar-refractivity contribution in [2.75, 3.05) is 40.4 Å². The molecule has 10 heteroatoms. The fraction of sp³-hybridized carbons (Fsp3) is 0.381. The number of methoxy groups -OCH3 is 2. The van der Waals surface area contributed by atoms with Gasteiger partial charge in [0.15, 0.2) is 11.5 Å². The Morgan fingerprint density at radius 2 is 1.65 bits per heavy atom. The van der Waals surface area contributed by atoms with Crippen LogP contribution in [0.3, 0.4) is 0 Å². The molecule has 2 aromatic rings. The minimum atomic E-state index is -4.10. The average Bonchev–Trinajstić information content (AvgIpc) is 2.77. The van der Waals surface area contributed by atoms with E-state index in [1.54, 1.807) is 18.1 Å². The van der Waals surface area contributed by atoms with E-state index in [-0.39, 0.29) is 38.5 Å². The lowest BCUT2D eigenvalue weighted by Gasteiger charge is -2.34. The highest BCUT2D eigenvalue weighted by molar-refractivity contribution is 7.89. The van der Waals surface area contributed by atoms with Gasteiger partial charge in [-0.1, -0.05) is 6.07 Å². The van der Waals surface area contributed by atoms with Gasteiger partial charge >= 0.3 is 0 Å². The van der Waals surface area contributed by atoms with E-state index in [0.29, 0.717) is 24.0 Å². The van der Waals surface area contributed by atoms with Crippen molar-refractivity contribution in [2.45, 2.75) is 17.7 Å². The van der Waals surface area contributed by atoms with Gasteiger partial charge in [-0.15, -0.1) is 0 Å². The number of benzene rings is 2. The molecule has 7 nitrogen and oxygen atoms in total. The van der Waals surface area contributed by atoms with Crippen LogP contribution in [0.2, 0.25) is 0 Å². The fourth-order valence-electron chi connectivity index (χ4n) is 3.45. The number of halogens is 2. The maximum atomic E-state index is 13.9. The van der Waals surface area contributed by atoms with Crippen LogP contribution in [0.15, 0.2) is 41.3 Å². The SMILES string of the molecule is COc1ccc(CCC(=O)N2CCN(S(=O)(=O)c3ccc(F)cc3F)CC2)cc1OC. The lowest BCUT2D eigenvalue weighted by Crippen LogP contribution is -2.50. The largest absolute Gasteiger partial charge is 0.493 e. The number of sulfonamides is 1. The molecule has 1 amide bonds. The first-order valence-corrected chi connectivity index (χ1v) is 11.1. The summed E-state index contributed by atoms with van der Waals surface area (Å²) in [5.74, 6) is -0.888. The van der Waals surface area contributed by atoms with Crippen molar-refractivity contribution in [3.05, 3.63) is 53.6 Å². The van der Waals surface area contributed by atoms with Gasteiger partial charge in [0.2, 0.25) is 15.9 Å². The van der Waals surface area contributed by atoms with E-state index in [9.17, 15) is 22.0 Å². The average molecular weight is 454 g/mol. The highest BCUT2D eigenvalue weighted by Gasteiger charge is 2.32. The summed E-state index contributed by atoms with van der Waals surface area (Å²) in [5.41, 5.74) is 0.916. The van der Waals surface area contributed by atoms with Crippen LogP contribution in [0.1, 0.15) is 12.0 Å². The molecule has 0 unspecified atom stereocenters. The lowest BCUT2D eigenvalue weighted by atomic mass is 10.1. The summed E-state index contributed by atoms with van der Waals surface area (Å²) in [6, 6.07) is 7.81. The van der Waals surface area contributed by atoms with Gasteiger partial charge < -0.3 is 14.4 Å². The first kappa shape index (κ1) is 23.0. The third-order valence-corrected chi connectivity index (χ3v) is 7.11. The van der Waals surface area contributed by atoms with Gasteiger partial charge in [-0.2, -0.15) is 4.31 Å². The number of rotatable bonds is 7. The Labute approximate surface area is 180 Å². The molecule has 1 aliphatic rings. The highest BCUT2D eigenvalue weighted by atomic mass is 32.2. The molecule has 0 aromatic heterocycles. The Bertz CT molecular complexity index is 1050. The standard InChI is InChI=1S/C21H24F2N2O5S/c1-29-18-6-3-15(13-19(18)30-2)4-8-21(26)24-9-11-25(12-10-24)31(27,28)20-7-5-16(22)14-17(20)23/h3,5-7,13-14H,4,8-12H2,1-2H3. The number of carbonyl (C=O) groups excluding carboxylic acids is 1. The normalized spacial score (nSPS) is 15.0. The van der Waals surface area contributed by atoms with Crippen molar-refractivity contribution in [1.29, 1.82) is 0 Å². The molecule has 1 fully saturated rings. The zero-order chi connectivity index (χ0) is 22.6. The molecule has 0 saturated carbocycles. The molecule has 0 bridgehead atoms. The van der Waals surface area contributed by atoms with Crippen molar-refractivity contribution in [2.24, 2.45) is 0 Å². The summed E-state index contributed by atoms with van der Waals surface area (Å²) >= 11 is 0. The molecule has 0 aliphatic carbocycles. The molecular weight excluding hydrogens is 430 g/mol. The maximum Gasteiger partial charge on any atom is 0.246 e. The number of ether oxygens (including phenoxy) is 2. The number of hydrogen-bond donors (Lipinski definition) is 0. The molecular formula is C21H24F2N2O5S. The highest BCUT2D eigenvalue weighted by Crippen LogP contribution is 2.28. The number of piperazine rings is 1. The Morgan fingerprint density at radius 3 is 2.26 bits per heavy atom. The van der Waals surface area contributed by atoms with Gasteiger partial charge in [0.25, 0.3) is 0 Å². The second-order valence-electron chi connectivity index (χ2n) is 7.05. The van der Waals surface area contributed by atoms with E-state index in [4.69, 9.17) is 9.47 Å². The molecule has 1 heterocycles. The van der Waals surface area contributed by atoms with E-state index < -0.39 is 26.6 Å². The number of nitrogens with zero attached hydrogens (tertiary/aromatic N) is 2. The molecule has 0 spiro atoms. The van der Waals surface area contributed by atoms with Crippen LogP contribution in [-0.4, -0.2) is 63.9 Å². The summed E-state index contributed by atoms with van der Waals surface area (Å²) in [6.07, 6.45) is 0.757. The van der Waals surface area contributed by atoms with Crippen LogP contribution in [0.4, 0.5) is 8.78 Å². The van der Waals surface area contributed by atoms with Crippen molar-refractivity contribution in [3.8, 4) is 11.5 Å². The predicted octanol–water partition coefficient (Wildman–Crippen LogP) is 2.45. The molecule has 1 aliphatic heterocycles.